The van der Waals surface area contributed by atoms with Crippen molar-refractivity contribution >= 4 is 17.8 Å². The number of carboxylic acids is 1. The molecule has 1 aliphatic carbocycles. The Labute approximate surface area is 172 Å². The fourth-order valence-corrected chi connectivity index (χ4v) is 3.85. The number of nitrogens with zero attached hydrogens (tertiary/aromatic N) is 4. The van der Waals surface area contributed by atoms with E-state index in [1.165, 1.54) is 0 Å². The van der Waals surface area contributed by atoms with Crippen molar-refractivity contribution in [1.82, 2.24) is 14.9 Å². The van der Waals surface area contributed by atoms with Crippen LogP contribution < -0.4 is 4.90 Å². The van der Waals surface area contributed by atoms with E-state index < -0.39 is 12.1 Å². The second-order valence-electron chi connectivity index (χ2n) is 7.96. The van der Waals surface area contributed by atoms with Gasteiger partial charge in [0.15, 0.2) is 0 Å². The molecule has 0 aromatic carbocycles. The van der Waals surface area contributed by atoms with Crippen LogP contribution in [0.4, 0.5) is 19.1 Å². The number of hydrogen-bond donors (Lipinski definition) is 1. The molecule has 1 amide bonds. The van der Waals surface area contributed by atoms with Gasteiger partial charge in [0.2, 0.25) is 11.9 Å². The van der Waals surface area contributed by atoms with Gasteiger partial charge >= 0.3 is 12.1 Å². The first-order valence-electron chi connectivity index (χ1n) is 9.89. The molecule has 0 bridgehead atoms. The van der Waals surface area contributed by atoms with Crippen molar-refractivity contribution in [3.63, 3.8) is 0 Å². The molecule has 1 aromatic rings. The van der Waals surface area contributed by atoms with E-state index in [2.05, 4.69) is 19.8 Å². The number of alkyl halides is 3. The Balaban J connectivity index is 0.000000318. The maximum absolute atomic E-state index is 12.5. The number of carboxylic acid groups (broad SMARTS) is 1. The summed E-state index contributed by atoms with van der Waals surface area (Å²) in [7, 11) is 0. The van der Waals surface area contributed by atoms with Crippen LogP contribution in [-0.2, 0) is 14.3 Å². The van der Waals surface area contributed by atoms with Crippen LogP contribution in [0.15, 0.2) is 18.5 Å². The van der Waals surface area contributed by atoms with Gasteiger partial charge in [0.1, 0.15) is 0 Å². The van der Waals surface area contributed by atoms with Crippen molar-refractivity contribution in [3.05, 3.63) is 18.5 Å². The quantitative estimate of drug-likeness (QED) is 0.766. The second kappa shape index (κ2) is 9.15. The van der Waals surface area contributed by atoms with Gasteiger partial charge in [-0.3, -0.25) is 4.79 Å². The van der Waals surface area contributed by atoms with E-state index in [0.717, 1.165) is 64.4 Å². The second-order valence-corrected chi connectivity index (χ2v) is 7.96. The highest BCUT2D eigenvalue weighted by Crippen LogP contribution is 2.37. The van der Waals surface area contributed by atoms with Crippen molar-refractivity contribution in [2.75, 3.05) is 44.3 Å². The molecule has 2 saturated heterocycles. The zero-order valence-corrected chi connectivity index (χ0v) is 16.5. The lowest BCUT2D eigenvalue weighted by molar-refractivity contribution is -0.192. The van der Waals surface area contributed by atoms with E-state index in [1.807, 2.05) is 6.07 Å². The van der Waals surface area contributed by atoms with E-state index in [0.29, 0.717) is 18.4 Å². The predicted octanol–water partition coefficient (Wildman–Crippen LogP) is 1.97. The molecule has 3 fully saturated rings. The molecule has 8 nitrogen and oxygen atoms in total. The van der Waals surface area contributed by atoms with Crippen molar-refractivity contribution in [2.24, 2.45) is 11.3 Å². The molecular formula is C19H25F3N4O4. The Morgan fingerprint density at radius 1 is 1.17 bits per heavy atom. The molecule has 1 unspecified atom stereocenters. The lowest BCUT2D eigenvalue weighted by Crippen LogP contribution is -2.52. The summed E-state index contributed by atoms with van der Waals surface area (Å²) in [6.45, 7) is 4.81. The van der Waals surface area contributed by atoms with E-state index in [-0.39, 0.29) is 5.41 Å². The molecular weight excluding hydrogens is 405 g/mol. The van der Waals surface area contributed by atoms with Gasteiger partial charge in [-0.25, -0.2) is 14.8 Å². The number of carbonyl (C=O) groups is 2. The summed E-state index contributed by atoms with van der Waals surface area (Å²) in [5, 5.41) is 7.12. The van der Waals surface area contributed by atoms with Crippen LogP contribution in [0.3, 0.4) is 0 Å². The van der Waals surface area contributed by atoms with Crippen LogP contribution in [0, 0.1) is 11.3 Å². The molecule has 11 heteroatoms. The summed E-state index contributed by atoms with van der Waals surface area (Å²) in [5.74, 6) is -1.34. The molecule has 2 aliphatic heterocycles. The lowest BCUT2D eigenvalue weighted by atomic mass is 9.80. The van der Waals surface area contributed by atoms with Gasteiger partial charge in [-0.05, 0) is 31.7 Å². The van der Waals surface area contributed by atoms with Gasteiger partial charge in [-0.2, -0.15) is 13.2 Å². The van der Waals surface area contributed by atoms with Crippen LogP contribution in [0.25, 0.3) is 0 Å². The van der Waals surface area contributed by atoms with E-state index in [1.54, 1.807) is 12.4 Å². The minimum Gasteiger partial charge on any atom is -0.475 e. The number of carbonyl (C=O) groups excluding carboxylic acids is 1. The third-order valence-corrected chi connectivity index (χ3v) is 5.42. The van der Waals surface area contributed by atoms with Crippen molar-refractivity contribution in [3.8, 4) is 0 Å². The zero-order chi connectivity index (χ0) is 21.8. The van der Waals surface area contributed by atoms with Gasteiger partial charge in [0.05, 0.1) is 13.2 Å². The first kappa shape index (κ1) is 22.3. The van der Waals surface area contributed by atoms with Crippen molar-refractivity contribution in [1.29, 1.82) is 0 Å². The zero-order valence-electron chi connectivity index (χ0n) is 16.5. The van der Waals surface area contributed by atoms with Crippen LogP contribution in [0.2, 0.25) is 0 Å². The first-order valence-corrected chi connectivity index (χ1v) is 9.89. The fourth-order valence-electron chi connectivity index (χ4n) is 3.85. The number of piperidine rings is 1. The number of ether oxygens (including phenoxy) is 1. The fraction of sp³-hybridized carbons (Fsp3) is 0.684. The van der Waals surface area contributed by atoms with Crippen molar-refractivity contribution in [2.45, 2.75) is 31.9 Å². The smallest absolute Gasteiger partial charge is 0.475 e. The number of halogens is 3. The Hall–Kier alpha value is -2.43. The van der Waals surface area contributed by atoms with Gasteiger partial charge in [-0.1, -0.05) is 0 Å². The van der Waals surface area contributed by atoms with E-state index in [4.69, 9.17) is 14.6 Å². The Bertz CT molecular complexity index is 745. The minimum atomic E-state index is -5.08. The lowest BCUT2D eigenvalue weighted by Gasteiger charge is -2.43. The third kappa shape index (κ3) is 5.80. The molecule has 1 spiro atoms. The van der Waals surface area contributed by atoms with Gasteiger partial charge in [-0.15, -0.1) is 0 Å². The van der Waals surface area contributed by atoms with E-state index in [9.17, 15) is 18.0 Å². The van der Waals surface area contributed by atoms with Crippen LogP contribution in [-0.4, -0.2) is 77.4 Å². The molecule has 3 heterocycles. The molecule has 3 aliphatic rings. The number of likely N-dealkylation sites (tertiary alicyclic amines) is 1. The summed E-state index contributed by atoms with van der Waals surface area (Å²) in [4.78, 5) is 34.5. The highest BCUT2D eigenvalue weighted by molar-refractivity contribution is 5.81. The highest BCUT2D eigenvalue weighted by atomic mass is 19.4. The highest BCUT2D eigenvalue weighted by Gasteiger charge is 2.43. The summed E-state index contributed by atoms with van der Waals surface area (Å²) in [6.07, 6.45) is 2.79. The molecule has 0 radical (unpaired) electrons. The predicted molar refractivity (Wildman–Crippen MR) is 99.7 cm³/mol. The maximum Gasteiger partial charge on any atom is 0.490 e. The Morgan fingerprint density at radius 3 is 2.43 bits per heavy atom. The standard InChI is InChI=1S/C17H24N4O2.C2HF3O2/c22-15(14-3-4-14)20-8-1-5-17(11-20)12-21(9-10-23-13-17)16-18-6-2-7-19-16;3-2(4,5)1(6)7/h2,6-7,14H,1,3-5,8-13H2;(H,6,7). The monoisotopic (exact) mass is 430 g/mol. The Kier molecular flexibility index (Phi) is 6.79. The molecule has 30 heavy (non-hydrogen) atoms. The molecule has 1 aromatic heterocycles. The maximum atomic E-state index is 12.5. The van der Waals surface area contributed by atoms with Gasteiger partial charge in [0.25, 0.3) is 0 Å². The van der Waals surface area contributed by atoms with Crippen LogP contribution >= 0.6 is 0 Å². The summed E-state index contributed by atoms with van der Waals surface area (Å²) in [5.41, 5.74) is 0.0124. The molecule has 166 valence electrons. The average molecular weight is 430 g/mol. The van der Waals surface area contributed by atoms with Gasteiger partial charge < -0.3 is 19.6 Å². The largest absolute Gasteiger partial charge is 0.490 e. The number of aromatic nitrogens is 2. The molecule has 1 N–H and O–H groups in total. The summed E-state index contributed by atoms with van der Waals surface area (Å²) < 4.78 is 37.6. The molecule has 1 saturated carbocycles. The number of aliphatic carboxylic acids is 1. The first-order chi connectivity index (χ1) is 14.2. The molecule has 1 atom stereocenters. The van der Waals surface area contributed by atoms with Crippen LogP contribution in [0.5, 0.6) is 0 Å². The third-order valence-electron chi connectivity index (χ3n) is 5.42. The Morgan fingerprint density at radius 2 is 1.83 bits per heavy atom. The van der Waals surface area contributed by atoms with Crippen LogP contribution in [0.1, 0.15) is 25.7 Å². The average Bonchev–Trinajstić information content (AvgIpc) is 3.56. The number of anilines is 1. The SMILES string of the molecule is O=C(C1CC1)N1CCCC2(COCCN(c3ncccn3)C2)C1.O=C(O)C(F)(F)F. The number of hydrogen-bond acceptors (Lipinski definition) is 6. The topological polar surface area (TPSA) is 95.9 Å². The number of amides is 1. The van der Waals surface area contributed by atoms with Crippen molar-refractivity contribution < 1.29 is 32.6 Å². The summed E-state index contributed by atoms with van der Waals surface area (Å²) >= 11 is 0. The van der Waals surface area contributed by atoms with E-state index >= 15 is 0 Å². The minimum absolute atomic E-state index is 0.0124. The number of rotatable bonds is 2. The van der Waals surface area contributed by atoms with Gasteiger partial charge in [0, 0.05) is 49.9 Å². The summed E-state index contributed by atoms with van der Waals surface area (Å²) in [6, 6.07) is 1.84. The molecule has 4 rings (SSSR count). The normalized spacial score (nSPS) is 24.6.